The average Bonchev–Trinajstić information content (AvgIpc) is 2.83. The van der Waals surface area contributed by atoms with E-state index in [1.54, 1.807) is 6.26 Å². The number of phenolic OH excluding ortho intramolecular Hbond substituents is 1. The number of phenols is 1. The van der Waals surface area contributed by atoms with Crippen LogP contribution in [0.3, 0.4) is 0 Å². The summed E-state index contributed by atoms with van der Waals surface area (Å²) in [6, 6.07) is 0.711. The van der Waals surface area contributed by atoms with E-state index in [-0.39, 0.29) is 31.4 Å². The summed E-state index contributed by atoms with van der Waals surface area (Å²) in [5.74, 6) is -3.96. The summed E-state index contributed by atoms with van der Waals surface area (Å²) in [5.41, 5.74) is 11.4. The van der Waals surface area contributed by atoms with Crippen LogP contribution in [0.1, 0.15) is 24.8 Å². The number of hydrogen-bond donors (Lipinski definition) is 8. The second-order valence-electron chi connectivity index (χ2n) is 7.97. The third-order valence-electron chi connectivity index (χ3n) is 5.09. The van der Waals surface area contributed by atoms with Crippen LogP contribution in [0.15, 0.2) is 24.3 Å². The van der Waals surface area contributed by atoms with E-state index >= 15 is 0 Å². The number of aromatic hydroxyl groups is 1. The molecule has 0 fully saturated rings. The molecule has 4 atom stereocenters. The Morgan fingerprint density at radius 3 is 2.00 bits per heavy atom. The quantitative estimate of drug-likeness (QED) is 0.116. The van der Waals surface area contributed by atoms with Gasteiger partial charge < -0.3 is 42.7 Å². The van der Waals surface area contributed by atoms with Crippen LogP contribution < -0.4 is 27.4 Å². The molecular weight excluding hydrogens is 494 g/mol. The predicted molar refractivity (Wildman–Crippen MR) is 132 cm³/mol. The largest absolute Gasteiger partial charge is 0.508 e. The van der Waals surface area contributed by atoms with Crippen LogP contribution in [0.5, 0.6) is 5.75 Å². The number of aliphatic hydroxyl groups excluding tert-OH is 1. The van der Waals surface area contributed by atoms with E-state index in [0.29, 0.717) is 11.3 Å². The standard InChI is InChI=1S/C22H33N5O8S/c1-36-9-8-15(22(34)35)25-21(33)17(11-28)27-20(32)16(10-12-2-4-13(29)5-3-12)26-19(31)14(23)6-7-18(24)30/h2-5,14-17,28-29H,6-11,23H2,1H3,(H2,24,30)(H,25,33)(H,26,31)(H,27,32)(H,34,35). The molecule has 0 saturated heterocycles. The van der Waals surface area contributed by atoms with Gasteiger partial charge in [0.05, 0.1) is 12.6 Å². The van der Waals surface area contributed by atoms with Crippen LogP contribution in [-0.2, 0) is 30.4 Å². The van der Waals surface area contributed by atoms with Gasteiger partial charge in [0, 0.05) is 12.8 Å². The lowest BCUT2D eigenvalue weighted by Crippen LogP contribution is -2.58. The molecule has 0 radical (unpaired) electrons. The first kappa shape index (κ1) is 30.7. The van der Waals surface area contributed by atoms with Gasteiger partial charge in [0.15, 0.2) is 0 Å². The molecule has 0 spiro atoms. The zero-order chi connectivity index (χ0) is 27.3. The molecule has 1 aromatic rings. The highest BCUT2D eigenvalue weighted by molar-refractivity contribution is 7.98. The fraction of sp³-hybridized carbons (Fsp3) is 0.500. The first-order valence-electron chi connectivity index (χ1n) is 11.0. The molecule has 10 N–H and O–H groups in total. The van der Waals surface area contributed by atoms with E-state index in [1.807, 2.05) is 0 Å². The van der Waals surface area contributed by atoms with Crippen molar-refractivity contribution in [3.63, 3.8) is 0 Å². The number of rotatable bonds is 16. The van der Waals surface area contributed by atoms with Gasteiger partial charge in [0.2, 0.25) is 23.6 Å². The zero-order valence-electron chi connectivity index (χ0n) is 19.8. The van der Waals surface area contributed by atoms with Crippen molar-refractivity contribution in [3.05, 3.63) is 29.8 Å². The Balaban J connectivity index is 2.99. The lowest BCUT2D eigenvalue weighted by molar-refractivity contribution is -0.142. The molecule has 0 bridgehead atoms. The zero-order valence-corrected chi connectivity index (χ0v) is 20.6. The second-order valence-corrected chi connectivity index (χ2v) is 8.95. The summed E-state index contributed by atoms with van der Waals surface area (Å²) >= 11 is 1.39. The van der Waals surface area contributed by atoms with E-state index in [0.717, 1.165) is 0 Å². The minimum absolute atomic E-state index is 0.0104. The predicted octanol–water partition coefficient (Wildman–Crippen LogP) is -2.19. The number of carbonyl (C=O) groups is 5. The number of carboxylic acids is 1. The number of aliphatic hydroxyl groups is 1. The average molecular weight is 528 g/mol. The summed E-state index contributed by atoms with van der Waals surface area (Å²) in [6.45, 7) is -0.829. The van der Waals surface area contributed by atoms with Gasteiger partial charge in [0.25, 0.3) is 0 Å². The molecule has 0 aliphatic carbocycles. The smallest absolute Gasteiger partial charge is 0.326 e. The molecule has 4 amide bonds. The van der Waals surface area contributed by atoms with Crippen molar-refractivity contribution in [2.24, 2.45) is 11.5 Å². The summed E-state index contributed by atoms with van der Waals surface area (Å²) in [5, 5.41) is 35.5. The van der Waals surface area contributed by atoms with Crippen LogP contribution >= 0.6 is 11.8 Å². The monoisotopic (exact) mass is 527 g/mol. The van der Waals surface area contributed by atoms with Gasteiger partial charge in [-0.2, -0.15) is 11.8 Å². The van der Waals surface area contributed by atoms with Crippen molar-refractivity contribution in [1.29, 1.82) is 0 Å². The van der Waals surface area contributed by atoms with Crippen LogP contribution in [-0.4, -0.2) is 87.7 Å². The minimum atomic E-state index is -1.49. The molecule has 0 aliphatic rings. The van der Waals surface area contributed by atoms with Gasteiger partial charge in [0.1, 0.15) is 23.9 Å². The number of carbonyl (C=O) groups excluding carboxylic acids is 4. The molecule has 0 saturated carbocycles. The molecule has 0 heterocycles. The van der Waals surface area contributed by atoms with Crippen molar-refractivity contribution in [1.82, 2.24) is 16.0 Å². The van der Waals surface area contributed by atoms with E-state index < -0.39 is 60.4 Å². The van der Waals surface area contributed by atoms with E-state index in [4.69, 9.17) is 11.5 Å². The van der Waals surface area contributed by atoms with Gasteiger partial charge in [-0.15, -0.1) is 0 Å². The summed E-state index contributed by atoms with van der Waals surface area (Å²) < 4.78 is 0. The third kappa shape index (κ3) is 10.9. The molecule has 200 valence electrons. The Morgan fingerprint density at radius 1 is 0.917 bits per heavy atom. The van der Waals surface area contributed by atoms with Crippen molar-refractivity contribution in [2.45, 2.75) is 49.9 Å². The number of thioether (sulfide) groups is 1. The summed E-state index contributed by atoms with van der Waals surface area (Å²) in [7, 11) is 0. The third-order valence-corrected chi connectivity index (χ3v) is 5.73. The molecule has 4 unspecified atom stereocenters. The molecule has 0 aromatic heterocycles. The molecule has 1 aromatic carbocycles. The van der Waals surface area contributed by atoms with E-state index in [9.17, 15) is 39.3 Å². The first-order chi connectivity index (χ1) is 17.0. The van der Waals surface area contributed by atoms with Crippen molar-refractivity contribution >= 4 is 41.4 Å². The molecular formula is C22H33N5O8S. The van der Waals surface area contributed by atoms with Crippen molar-refractivity contribution in [2.75, 3.05) is 18.6 Å². The first-order valence-corrected chi connectivity index (χ1v) is 12.4. The Morgan fingerprint density at radius 2 is 1.47 bits per heavy atom. The maximum absolute atomic E-state index is 13.0. The maximum atomic E-state index is 13.0. The second kappa shape index (κ2) is 15.6. The normalized spacial score (nSPS) is 14.1. The number of primary amides is 1. The summed E-state index contributed by atoms with van der Waals surface area (Å²) in [6.07, 6.45) is 1.66. The van der Waals surface area contributed by atoms with Crippen molar-refractivity contribution < 1.29 is 39.3 Å². The molecule has 36 heavy (non-hydrogen) atoms. The molecule has 1 rings (SSSR count). The van der Waals surface area contributed by atoms with Crippen LogP contribution in [0.2, 0.25) is 0 Å². The maximum Gasteiger partial charge on any atom is 0.326 e. The molecule has 14 heteroatoms. The highest BCUT2D eigenvalue weighted by Crippen LogP contribution is 2.12. The van der Waals surface area contributed by atoms with Gasteiger partial charge in [-0.3, -0.25) is 19.2 Å². The van der Waals surface area contributed by atoms with Gasteiger partial charge >= 0.3 is 5.97 Å². The summed E-state index contributed by atoms with van der Waals surface area (Å²) in [4.78, 5) is 60.5. The number of hydrogen-bond acceptors (Lipinski definition) is 9. The number of benzene rings is 1. The highest BCUT2D eigenvalue weighted by atomic mass is 32.2. The molecule has 13 nitrogen and oxygen atoms in total. The van der Waals surface area contributed by atoms with Crippen LogP contribution in [0.4, 0.5) is 0 Å². The number of amides is 4. The van der Waals surface area contributed by atoms with Crippen LogP contribution in [0.25, 0.3) is 0 Å². The lowest BCUT2D eigenvalue weighted by atomic mass is 10.0. The molecule has 0 aliphatic heterocycles. The SMILES string of the molecule is CSCCC(NC(=O)C(CO)NC(=O)C(Cc1ccc(O)cc1)NC(=O)C(N)CCC(N)=O)C(=O)O. The van der Waals surface area contributed by atoms with Gasteiger partial charge in [-0.1, -0.05) is 12.1 Å². The highest BCUT2D eigenvalue weighted by Gasteiger charge is 2.30. The lowest BCUT2D eigenvalue weighted by Gasteiger charge is -2.24. The fourth-order valence-electron chi connectivity index (χ4n) is 3.02. The topological polar surface area (TPSA) is 234 Å². The Bertz CT molecular complexity index is 914. The number of aliphatic carboxylic acids is 1. The number of nitrogens with one attached hydrogen (secondary N) is 3. The Hall–Kier alpha value is -3.36. The Kier molecular flexibility index (Phi) is 13.3. The van der Waals surface area contributed by atoms with Gasteiger partial charge in [-0.05, 0) is 42.5 Å². The number of carboxylic acid groups (broad SMARTS) is 1. The van der Waals surface area contributed by atoms with Gasteiger partial charge in [-0.25, -0.2) is 4.79 Å². The van der Waals surface area contributed by atoms with E-state index in [2.05, 4.69) is 16.0 Å². The fourth-order valence-corrected chi connectivity index (χ4v) is 3.49. The number of nitrogens with two attached hydrogens (primary N) is 2. The van der Waals surface area contributed by atoms with E-state index in [1.165, 1.54) is 36.0 Å². The Labute approximate surface area is 212 Å². The minimum Gasteiger partial charge on any atom is -0.508 e. The van der Waals surface area contributed by atoms with Crippen molar-refractivity contribution in [3.8, 4) is 5.75 Å². The van der Waals surface area contributed by atoms with Crippen LogP contribution in [0, 0.1) is 0 Å².